The van der Waals surface area contributed by atoms with Crippen molar-refractivity contribution < 1.29 is 9.13 Å². The monoisotopic (exact) mass is 384 g/mol. The second-order valence-corrected chi connectivity index (χ2v) is 5.90. The summed E-state index contributed by atoms with van der Waals surface area (Å²) in [4.78, 5) is 7.24. The number of aromatic nitrogens is 2. The number of halogens is 2. The highest BCUT2D eigenvalue weighted by molar-refractivity contribution is 7.80. The maximum Gasteiger partial charge on any atom is 0.260 e. The molecule has 3 aromatic rings. The van der Waals surface area contributed by atoms with Gasteiger partial charge < -0.3 is 10.5 Å². The van der Waals surface area contributed by atoms with Crippen molar-refractivity contribution in [3.8, 4) is 17.7 Å². The van der Waals surface area contributed by atoms with Gasteiger partial charge in [0.05, 0.1) is 11.8 Å². The summed E-state index contributed by atoms with van der Waals surface area (Å²) >= 11 is 10.6. The number of nitrogens with two attached hydrogens (primary N) is 1. The Morgan fingerprint density at radius 1 is 1.31 bits per heavy atom. The van der Waals surface area contributed by atoms with E-state index in [9.17, 15) is 9.65 Å². The predicted octanol–water partition coefficient (Wildman–Crippen LogP) is 4.41. The van der Waals surface area contributed by atoms with Gasteiger partial charge in [-0.1, -0.05) is 42.5 Å². The Morgan fingerprint density at radius 2 is 2.08 bits per heavy atom. The third-order valence-corrected chi connectivity index (χ3v) is 3.90. The van der Waals surface area contributed by atoms with Crippen LogP contribution in [-0.4, -0.2) is 15.0 Å². The van der Waals surface area contributed by atoms with Crippen LogP contribution in [0, 0.1) is 17.1 Å². The van der Waals surface area contributed by atoms with Crippen LogP contribution in [-0.2, 0) is 0 Å². The molecule has 8 heteroatoms. The van der Waals surface area contributed by atoms with Gasteiger partial charge in [-0.15, -0.1) is 0 Å². The van der Waals surface area contributed by atoms with E-state index >= 15 is 0 Å². The second-order valence-electron chi connectivity index (χ2n) is 5.13. The summed E-state index contributed by atoms with van der Waals surface area (Å²) in [5.74, 6) is -0.836. The molecular formula is C18H10ClFN4OS. The first-order valence-corrected chi connectivity index (χ1v) is 8.07. The molecule has 0 saturated heterocycles. The van der Waals surface area contributed by atoms with Gasteiger partial charge in [-0.25, -0.2) is 4.98 Å². The van der Waals surface area contributed by atoms with Crippen LogP contribution in [0.5, 0.6) is 11.6 Å². The maximum absolute atomic E-state index is 13.9. The fourth-order valence-corrected chi connectivity index (χ4v) is 2.55. The molecule has 3 rings (SSSR count). The normalized spacial score (nSPS) is 11.2. The standard InChI is InChI=1S/C18H10ClFN4OS/c19-18-23-9-14(20)17(24-18)25-15-6-5-10-3-1-2-4-12(10)13(15)7-11(8-21)16(22)26/h1-7,9H,(H2,22,26)/b11-7+. The molecule has 0 saturated carbocycles. The third kappa shape index (κ3) is 3.61. The minimum atomic E-state index is -0.771. The zero-order valence-corrected chi connectivity index (χ0v) is 14.7. The van der Waals surface area contributed by atoms with Crippen LogP contribution >= 0.6 is 23.8 Å². The van der Waals surface area contributed by atoms with Gasteiger partial charge in [-0.05, 0) is 34.5 Å². The Balaban J connectivity index is 2.22. The van der Waals surface area contributed by atoms with Crippen molar-refractivity contribution >= 4 is 45.7 Å². The second kappa shape index (κ2) is 7.44. The van der Waals surface area contributed by atoms with Crippen molar-refractivity contribution in [3.05, 3.63) is 64.8 Å². The Labute approximate surface area is 158 Å². The van der Waals surface area contributed by atoms with Gasteiger partial charge in [-0.2, -0.15) is 14.6 Å². The molecule has 0 fully saturated rings. The molecule has 2 aromatic carbocycles. The van der Waals surface area contributed by atoms with Gasteiger partial charge in [0.1, 0.15) is 16.8 Å². The largest absolute Gasteiger partial charge is 0.436 e. The van der Waals surface area contributed by atoms with Crippen molar-refractivity contribution in [3.63, 3.8) is 0 Å². The third-order valence-electron chi connectivity index (χ3n) is 3.49. The smallest absolute Gasteiger partial charge is 0.260 e. The minimum Gasteiger partial charge on any atom is -0.436 e. The zero-order chi connectivity index (χ0) is 18.7. The average molecular weight is 385 g/mol. The lowest BCUT2D eigenvalue weighted by Gasteiger charge is -2.12. The summed E-state index contributed by atoms with van der Waals surface area (Å²) in [6, 6.07) is 12.8. The highest BCUT2D eigenvalue weighted by Gasteiger charge is 2.14. The van der Waals surface area contributed by atoms with Crippen molar-refractivity contribution in [2.75, 3.05) is 0 Å². The Bertz CT molecular complexity index is 1090. The van der Waals surface area contributed by atoms with E-state index in [1.807, 2.05) is 30.3 Å². The fourth-order valence-electron chi connectivity index (χ4n) is 2.32. The highest BCUT2D eigenvalue weighted by atomic mass is 35.5. The molecule has 0 aliphatic rings. The van der Waals surface area contributed by atoms with Crippen LogP contribution in [0.4, 0.5) is 4.39 Å². The molecule has 128 valence electrons. The van der Waals surface area contributed by atoms with Gasteiger partial charge in [-0.3, -0.25) is 0 Å². The molecule has 0 atom stereocenters. The molecule has 2 N–H and O–H groups in total. The molecule has 0 bridgehead atoms. The van der Waals surface area contributed by atoms with Crippen molar-refractivity contribution in [2.24, 2.45) is 5.73 Å². The Hall–Kier alpha value is -3.08. The lowest BCUT2D eigenvalue weighted by molar-refractivity contribution is 0.419. The molecule has 0 aliphatic carbocycles. The summed E-state index contributed by atoms with van der Waals surface area (Å²) in [5, 5.41) is 10.8. The number of ether oxygens (including phenoxy) is 1. The maximum atomic E-state index is 13.9. The van der Waals surface area contributed by atoms with E-state index in [-0.39, 0.29) is 27.5 Å². The topological polar surface area (TPSA) is 84.8 Å². The Morgan fingerprint density at radius 3 is 2.81 bits per heavy atom. The van der Waals surface area contributed by atoms with Crippen molar-refractivity contribution in [1.29, 1.82) is 5.26 Å². The van der Waals surface area contributed by atoms with Gasteiger partial charge in [0.2, 0.25) is 11.1 Å². The summed E-state index contributed by atoms with van der Waals surface area (Å²) < 4.78 is 19.5. The number of nitriles is 1. The molecule has 0 aliphatic heterocycles. The van der Waals surface area contributed by atoms with Crippen LogP contribution < -0.4 is 10.5 Å². The lowest BCUT2D eigenvalue weighted by Crippen LogP contribution is -2.09. The minimum absolute atomic E-state index is 0.0531. The van der Waals surface area contributed by atoms with Crippen LogP contribution in [0.3, 0.4) is 0 Å². The first-order valence-electron chi connectivity index (χ1n) is 7.29. The zero-order valence-electron chi connectivity index (χ0n) is 13.1. The van der Waals surface area contributed by atoms with Gasteiger partial charge in [0, 0.05) is 5.56 Å². The van der Waals surface area contributed by atoms with E-state index in [4.69, 9.17) is 34.3 Å². The van der Waals surface area contributed by atoms with E-state index in [0.29, 0.717) is 5.56 Å². The number of hydrogen-bond donors (Lipinski definition) is 1. The molecule has 26 heavy (non-hydrogen) atoms. The molecule has 1 heterocycles. The summed E-state index contributed by atoms with van der Waals surface area (Å²) in [5.41, 5.74) is 6.20. The van der Waals surface area contributed by atoms with E-state index < -0.39 is 5.82 Å². The van der Waals surface area contributed by atoms with E-state index in [1.165, 1.54) is 6.08 Å². The SMILES string of the molecule is N#C/C(=C\c1c(Oc2nc(Cl)ncc2F)ccc2ccccc12)C(N)=S. The number of thiocarbonyl (C=S) groups is 1. The number of fused-ring (bicyclic) bond motifs is 1. The number of rotatable bonds is 4. The molecule has 1 aromatic heterocycles. The number of benzene rings is 2. The van der Waals surface area contributed by atoms with E-state index in [1.54, 1.807) is 12.1 Å². The number of nitrogens with zero attached hydrogens (tertiary/aromatic N) is 3. The van der Waals surface area contributed by atoms with Crippen LogP contribution in [0.25, 0.3) is 16.8 Å². The van der Waals surface area contributed by atoms with Crippen LogP contribution in [0.2, 0.25) is 5.28 Å². The summed E-state index contributed by atoms with van der Waals surface area (Å²) in [6.45, 7) is 0. The lowest BCUT2D eigenvalue weighted by atomic mass is 10.0. The molecule has 0 spiro atoms. The average Bonchev–Trinajstić information content (AvgIpc) is 2.63. The van der Waals surface area contributed by atoms with E-state index in [2.05, 4.69) is 9.97 Å². The van der Waals surface area contributed by atoms with Gasteiger partial charge in [0.25, 0.3) is 5.88 Å². The molecule has 5 nitrogen and oxygen atoms in total. The number of hydrogen-bond acceptors (Lipinski definition) is 5. The summed E-state index contributed by atoms with van der Waals surface area (Å²) in [7, 11) is 0. The quantitative estimate of drug-likeness (QED) is 0.310. The van der Waals surface area contributed by atoms with Crippen LogP contribution in [0.15, 0.2) is 48.2 Å². The predicted molar refractivity (Wildman–Crippen MR) is 101 cm³/mol. The van der Waals surface area contributed by atoms with Crippen molar-refractivity contribution in [2.45, 2.75) is 0 Å². The van der Waals surface area contributed by atoms with Gasteiger partial charge >= 0.3 is 0 Å². The first-order chi connectivity index (χ1) is 12.5. The van der Waals surface area contributed by atoms with Gasteiger partial charge in [0.15, 0.2) is 0 Å². The molecule has 0 unspecified atom stereocenters. The van der Waals surface area contributed by atoms with Crippen molar-refractivity contribution in [1.82, 2.24) is 9.97 Å². The molecule has 0 amide bonds. The highest BCUT2D eigenvalue weighted by Crippen LogP contribution is 2.33. The molecule has 0 radical (unpaired) electrons. The fraction of sp³-hybridized carbons (Fsp3) is 0. The Kier molecular flexibility index (Phi) is 5.07. The van der Waals surface area contributed by atoms with E-state index in [0.717, 1.165) is 17.0 Å². The molecular weight excluding hydrogens is 375 g/mol. The van der Waals surface area contributed by atoms with Crippen LogP contribution in [0.1, 0.15) is 5.56 Å². The summed E-state index contributed by atoms with van der Waals surface area (Å²) in [6.07, 6.45) is 2.41. The first kappa shape index (κ1) is 17.7.